The first-order valence-electron chi connectivity index (χ1n) is 9.06. The van der Waals surface area contributed by atoms with Crippen molar-refractivity contribution in [2.24, 2.45) is 29.1 Å². The molecule has 0 aromatic carbocycles. The maximum Gasteiger partial charge on any atom is 0.312 e. The predicted molar refractivity (Wildman–Crippen MR) is 90.5 cm³/mol. The van der Waals surface area contributed by atoms with Crippen molar-refractivity contribution < 1.29 is 14.6 Å². The monoisotopic (exact) mass is 312 g/mol. The molecule has 0 aromatic heterocycles. The van der Waals surface area contributed by atoms with Gasteiger partial charge >= 0.3 is 5.97 Å². The van der Waals surface area contributed by atoms with Crippen LogP contribution < -0.4 is 0 Å². The van der Waals surface area contributed by atoms with E-state index in [4.69, 9.17) is 9.84 Å². The van der Waals surface area contributed by atoms with Crippen molar-refractivity contribution >= 4 is 5.97 Å². The number of fused-ring (bicyclic) bond motifs is 2. The van der Waals surface area contributed by atoms with E-state index in [1.54, 1.807) is 6.92 Å². The zero-order chi connectivity index (χ0) is 16.9. The van der Waals surface area contributed by atoms with Crippen molar-refractivity contribution in [3.63, 3.8) is 0 Å². The first-order chi connectivity index (χ1) is 10.2. The van der Waals surface area contributed by atoms with Crippen LogP contribution in [-0.4, -0.2) is 23.8 Å². The number of hydrogen-bond acceptors (Lipinski definition) is 3. The lowest BCUT2D eigenvalue weighted by molar-refractivity contribution is -0.167. The number of rotatable bonds is 5. The quantitative estimate of drug-likeness (QED) is 0.764. The van der Waals surface area contributed by atoms with Crippen molar-refractivity contribution in [3.8, 4) is 0 Å². The van der Waals surface area contributed by atoms with E-state index in [-0.39, 0.29) is 24.1 Å². The second-order valence-electron chi connectivity index (χ2n) is 8.10. The topological polar surface area (TPSA) is 46.5 Å². The van der Waals surface area contributed by atoms with Crippen LogP contribution in [0.2, 0.25) is 0 Å². The Hall–Kier alpha value is -0.570. The maximum atomic E-state index is 12.7. The van der Waals surface area contributed by atoms with Gasteiger partial charge in [0.2, 0.25) is 0 Å². The van der Waals surface area contributed by atoms with Crippen LogP contribution in [-0.2, 0) is 9.53 Å². The van der Waals surface area contributed by atoms with E-state index in [0.29, 0.717) is 17.8 Å². The Balaban J connectivity index is 0.000000745. The van der Waals surface area contributed by atoms with Crippen LogP contribution in [0.15, 0.2) is 0 Å². The van der Waals surface area contributed by atoms with Crippen LogP contribution >= 0.6 is 0 Å². The maximum absolute atomic E-state index is 12.7. The highest BCUT2D eigenvalue weighted by molar-refractivity contribution is 5.77. The third kappa shape index (κ3) is 4.71. The first kappa shape index (κ1) is 19.5. The van der Waals surface area contributed by atoms with Crippen molar-refractivity contribution in [3.05, 3.63) is 0 Å². The van der Waals surface area contributed by atoms with Gasteiger partial charge in [-0.1, -0.05) is 27.7 Å². The fourth-order valence-electron chi connectivity index (χ4n) is 4.01. The van der Waals surface area contributed by atoms with Crippen molar-refractivity contribution in [1.29, 1.82) is 0 Å². The Morgan fingerprint density at radius 3 is 2.18 bits per heavy atom. The summed E-state index contributed by atoms with van der Waals surface area (Å²) >= 11 is 0. The van der Waals surface area contributed by atoms with Gasteiger partial charge in [0.25, 0.3) is 0 Å². The van der Waals surface area contributed by atoms with Crippen LogP contribution in [0.1, 0.15) is 73.6 Å². The van der Waals surface area contributed by atoms with Crippen LogP contribution in [0.4, 0.5) is 0 Å². The fraction of sp³-hybridized carbons (Fsp3) is 0.947. The molecule has 4 unspecified atom stereocenters. The lowest BCUT2D eigenvalue weighted by Crippen LogP contribution is -2.39. The van der Waals surface area contributed by atoms with Gasteiger partial charge in [-0.05, 0) is 69.6 Å². The normalized spacial score (nSPS) is 29.2. The van der Waals surface area contributed by atoms with Crippen molar-refractivity contribution in [2.45, 2.75) is 79.8 Å². The molecule has 3 heteroatoms. The molecule has 2 aliphatic rings. The molecule has 2 fully saturated rings. The highest BCUT2D eigenvalue weighted by Crippen LogP contribution is 2.47. The summed E-state index contributed by atoms with van der Waals surface area (Å²) in [6.07, 6.45) is 6.17. The predicted octanol–water partition coefficient (Wildman–Crippen LogP) is 4.43. The Labute approximate surface area is 136 Å². The molecule has 22 heavy (non-hydrogen) atoms. The zero-order valence-electron chi connectivity index (χ0n) is 15.4. The number of aliphatic hydroxyl groups is 1. The molecule has 0 spiro atoms. The first-order valence-corrected chi connectivity index (χ1v) is 9.06. The Morgan fingerprint density at radius 1 is 1.23 bits per heavy atom. The second kappa shape index (κ2) is 8.33. The number of carbonyl (C=O) groups is 1. The minimum Gasteiger partial charge on any atom is -0.462 e. The van der Waals surface area contributed by atoms with Crippen molar-refractivity contribution in [1.82, 2.24) is 0 Å². The van der Waals surface area contributed by atoms with Gasteiger partial charge in [-0.15, -0.1) is 0 Å². The molecule has 2 saturated carbocycles. The molecular formula is C19H36O3. The Kier molecular flexibility index (Phi) is 7.37. The third-order valence-electron chi connectivity index (χ3n) is 5.50. The van der Waals surface area contributed by atoms with E-state index in [0.717, 1.165) is 18.8 Å². The molecule has 130 valence electrons. The van der Waals surface area contributed by atoms with Gasteiger partial charge in [-0.3, -0.25) is 4.79 Å². The number of carbonyl (C=O) groups excluding carboxylic acids is 1. The van der Waals surface area contributed by atoms with Gasteiger partial charge in [0.1, 0.15) is 6.10 Å². The zero-order valence-corrected chi connectivity index (χ0v) is 15.4. The molecule has 0 radical (unpaired) electrons. The molecule has 2 bridgehead atoms. The molecular weight excluding hydrogens is 276 g/mol. The van der Waals surface area contributed by atoms with Crippen LogP contribution in [0, 0.1) is 29.1 Å². The smallest absolute Gasteiger partial charge is 0.312 e. The molecule has 0 aromatic rings. The van der Waals surface area contributed by atoms with E-state index in [1.165, 1.54) is 19.3 Å². The van der Waals surface area contributed by atoms with Gasteiger partial charge in [0.05, 0.1) is 5.41 Å². The summed E-state index contributed by atoms with van der Waals surface area (Å²) in [7, 11) is 0. The lowest BCUT2D eigenvalue weighted by Gasteiger charge is -2.35. The van der Waals surface area contributed by atoms with E-state index >= 15 is 0 Å². The van der Waals surface area contributed by atoms with Gasteiger partial charge < -0.3 is 9.84 Å². The van der Waals surface area contributed by atoms with Crippen LogP contribution in [0.5, 0.6) is 0 Å². The van der Waals surface area contributed by atoms with Gasteiger partial charge in [-0.25, -0.2) is 0 Å². The summed E-state index contributed by atoms with van der Waals surface area (Å²) < 4.78 is 5.93. The largest absolute Gasteiger partial charge is 0.462 e. The lowest BCUT2D eigenvalue weighted by atomic mass is 9.73. The molecule has 0 heterocycles. The minimum absolute atomic E-state index is 0.0498. The molecule has 0 aliphatic heterocycles. The summed E-state index contributed by atoms with van der Waals surface area (Å²) in [5.74, 6) is 2.40. The summed E-state index contributed by atoms with van der Waals surface area (Å²) in [6.45, 7) is 12.7. The number of esters is 1. The van der Waals surface area contributed by atoms with Gasteiger partial charge in [0.15, 0.2) is 0 Å². The van der Waals surface area contributed by atoms with Crippen LogP contribution in [0.25, 0.3) is 0 Å². The minimum atomic E-state index is -0.323. The average Bonchev–Trinajstić information content (AvgIpc) is 3.00. The Morgan fingerprint density at radius 2 is 1.82 bits per heavy atom. The molecule has 3 nitrogen and oxygen atoms in total. The summed E-state index contributed by atoms with van der Waals surface area (Å²) in [6, 6.07) is 0. The molecule has 2 aliphatic carbocycles. The van der Waals surface area contributed by atoms with E-state index in [1.807, 2.05) is 0 Å². The molecule has 1 N–H and O–H groups in total. The highest BCUT2D eigenvalue weighted by atomic mass is 16.5. The number of hydrogen-bond donors (Lipinski definition) is 1. The van der Waals surface area contributed by atoms with E-state index in [2.05, 4.69) is 34.6 Å². The van der Waals surface area contributed by atoms with Gasteiger partial charge in [0, 0.05) is 6.61 Å². The summed E-state index contributed by atoms with van der Waals surface area (Å²) in [5, 5.41) is 7.57. The SMILES string of the molecule is CC(C)CC(C)(C(=O)OC1CC2CCC1C2)C(C)C.CCO. The number of ether oxygens (including phenoxy) is 1. The van der Waals surface area contributed by atoms with E-state index < -0.39 is 0 Å². The van der Waals surface area contributed by atoms with Crippen molar-refractivity contribution in [2.75, 3.05) is 6.61 Å². The van der Waals surface area contributed by atoms with Crippen LogP contribution in [0.3, 0.4) is 0 Å². The fourth-order valence-corrected chi connectivity index (χ4v) is 4.01. The standard InChI is InChI=1S/C17H30O2.C2H6O/c1-11(2)10-17(5,12(3)4)16(18)19-15-9-13-6-7-14(15)8-13;1-2-3/h11-15H,6-10H2,1-5H3;3H,2H2,1H3. The third-order valence-corrected chi connectivity index (χ3v) is 5.50. The number of aliphatic hydroxyl groups excluding tert-OH is 1. The molecule has 0 saturated heterocycles. The molecule has 4 atom stereocenters. The average molecular weight is 312 g/mol. The Bertz CT molecular complexity index is 351. The summed E-state index contributed by atoms with van der Waals surface area (Å²) in [4.78, 5) is 12.7. The molecule has 2 rings (SSSR count). The summed E-state index contributed by atoms with van der Waals surface area (Å²) in [5.41, 5.74) is -0.323. The highest BCUT2D eigenvalue weighted by Gasteiger charge is 2.45. The molecule has 0 amide bonds. The van der Waals surface area contributed by atoms with E-state index in [9.17, 15) is 4.79 Å². The van der Waals surface area contributed by atoms with Gasteiger partial charge in [-0.2, -0.15) is 0 Å². The second-order valence-corrected chi connectivity index (χ2v) is 8.10.